The van der Waals surface area contributed by atoms with Crippen LogP contribution in [0.15, 0.2) is 18.2 Å². The highest BCUT2D eigenvalue weighted by atomic mass is 16.5. The van der Waals surface area contributed by atoms with E-state index in [1.54, 1.807) is 0 Å². The summed E-state index contributed by atoms with van der Waals surface area (Å²) in [5.74, 6) is 1.74. The Kier molecular flexibility index (Phi) is 4.99. The van der Waals surface area contributed by atoms with Gasteiger partial charge in [-0.1, -0.05) is 6.07 Å². The maximum absolute atomic E-state index is 5.78. The summed E-state index contributed by atoms with van der Waals surface area (Å²) >= 11 is 0. The van der Waals surface area contributed by atoms with Gasteiger partial charge in [0, 0.05) is 19.1 Å². The average molecular weight is 291 g/mol. The number of ether oxygens (including phenoxy) is 3. The molecule has 0 amide bonds. The maximum Gasteiger partial charge on any atom is 0.161 e. The Morgan fingerprint density at radius 2 is 2.00 bits per heavy atom. The third-order valence-corrected chi connectivity index (χ3v) is 4.32. The predicted octanol–water partition coefficient (Wildman–Crippen LogP) is 3.07. The first-order valence-electron chi connectivity index (χ1n) is 8.05. The van der Waals surface area contributed by atoms with Gasteiger partial charge in [0.2, 0.25) is 0 Å². The Labute approximate surface area is 126 Å². The zero-order chi connectivity index (χ0) is 14.5. The van der Waals surface area contributed by atoms with Gasteiger partial charge < -0.3 is 19.5 Å². The average Bonchev–Trinajstić information content (AvgIpc) is 2.92. The maximum atomic E-state index is 5.78. The first-order valence-corrected chi connectivity index (χ1v) is 8.05. The molecule has 3 rings (SSSR count). The molecule has 4 heteroatoms. The lowest BCUT2D eigenvalue weighted by molar-refractivity contribution is 0.0998. The van der Waals surface area contributed by atoms with Crippen molar-refractivity contribution in [2.75, 3.05) is 26.9 Å². The second kappa shape index (κ2) is 7.14. The number of benzene rings is 1. The zero-order valence-corrected chi connectivity index (χ0v) is 12.8. The summed E-state index contributed by atoms with van der Waals surface area (Å²) < 4.78 is 17.2. The topological polar surface area (TPSA) is 39.7 Å². The van der Waals surface area contributed by atoms with Gasteiger partial charge in [0.25, 0.3) is 0 Å². The van der Waals surface area contributed by atoms with Crippen molar-refractivity contribution in [1.82, 2.24) is 5.32 Å². The summed E-state index contributed by atoms with van der Waals surface area (Å²) in [6, 6.07) is 6.64. The molecule has 116 valence electrons. The van der Waals surface area contributed by atoms with Crippen molar-refractivity contribution in [3.05, 3.63) is 23.8 Å². The van der Waals surface area contributed by atoms with Gasteiger partial charge >= 0.3 is 0 Å². The number of hydrogen-bond acceptors (Lipinski definition) is 4. The Hall–Kier alpha value is -1.26. The highest BCUT2D eigenvalue weighted by molar-refractivity contribution is 5.44. The lowest BCUT2D eigenvalue weighted by Gasteiger charge is -2.20. The fourth-order valence-electron chi connectivity index (χ4n) is 3.10. The summed E-state index contributed by atoms with van der Waals surface area (Å²) in [7, 11) is 2.02. The molecular formula is C17H25NO3. The van der Waals surface area contributed by atoms with Crippen molar-refractivity contribution in [3.8, 4) is 11.5 Å². The van der Waals surface area contributed by atoms with Crippen LogP contribution >= 0.6 is 0 Å². The van der Waals surface area contributed by atoms with E-state index in [0.717, 1.165) is 50.6 Å². The van der Waals surface area contributed by atoms with Gasteiger partial charge in [-0.3, -0.25) is 0 Å². The molecular weight excluding hydrogens is 266 g/mol. The van der Waals surface area contributed by atoms with Crippen LogP contribution in [0.4, 0.5) is 0 Å². The van der Waals surface area contributed by atoms with E-state index in [-0.39, 0.29) is 0 Å². The smallest absolute Gasteiger partial charge is 0.161 e. The van der Waals surface area contributed by atoms with Crippen molar-refractivity contribution in [2.45, 2.75) is 44.2 Å². The molecule has 1 aromatic carbocycles. The quantitative estimate of drug-likeness (QED) is 0.905. The number of rotatable bonds is 5. The summed E-state index contributed by atoms with van der Waals surface area (Å²) in [4.78, 5) is 0. The molecule has 0 spiro atoms. The van der Waals surface area contributed by atoms with Gasteiger partial charge in [-0.2, -0.15) is 0 Å². The van der Waals surface area contributed by atoms with Crippen molar-refractivity contribution in [1.29, 1.82) is 0 Å². The van der Waals surface area contributed by atoms with Crippen LogP contribution in [0.5, 0.6) is 11.5 Å². The van der Waals surface area contributed by atoms with E-state index in [2.05, 4.69) is 17.4 Å². The SMILES string of the molecule is CNC(CCC1CCCO1)c1ccc2c(c1)OCCCO2. The molecule has 21 heavy (non-hydrogen) atoms. The van der Waals surface area contributed by atoms with E-state index in [4.69, 9.17) is 14.2 Å². The Balaban J connectivity index is 1.66. The van der Waals surface area contributed by atoms with Crippen LogP contribution in [-0.4, -0.2) is 33.0 Å². The van der Waals surface area contributed by atoms with Crippen LogP contribution in [0.2, 0.25) is 0 Å². The molecule has 0 saturated carbocycles. The summed E-state index contributed by atoms with van der Waals surface area (Å²) in [5.41, 5.74) is 1.26. The minimum absolute atomic E-state index is 0.339. The third kappa shape index (κ3) is 3.69. The molecule has 0 aliphatic carbocycles. The molecule has 1 fully saturated rings. The monoisotopic (exact) mass is 291 g/mol. The second-order valence-electron chi connectivity index (χ2n) is 5.81. The van der Waals surface area contributed by atoms with E-state index in [9.17, 15) is 0 Å². The molecule has 2 aliphatic rings. The number of hydrogen-bond donors (Lipinski definition) is 1. The number of fused-ring (bicyclic) bond motifs is 1. The van der Waals surface area contributed by atoms with Gasteiger partial charge in [-0.05, 0) is 50.4 Å². The molecule has 2 unspecified atom stereocenters. The van der Waals surface area contributed by atoms with E-state index in [0.29, 0.717) is 12.1 Å². The van der Waals surface area contributed by atoms with Gasteiger partial charge in [0.15, 0.2) is 11.5 Å². The van der Waals surface area contributed by atoms with E-state index < -0.39 is 0 Å². The van der Waals surface area contributed by atoms with Crippen LogP contribution in [0.25, 0.3) is 0 Å². The molecule has 0 aromatic heterocycles. The van der Waals surface area contributed by atoms with Crippen LogP contribution in [-0.2, 0) is 4.74 Å². The largest absolute Gasteiger partial charge is 0.490 e. The molecule has 1 saturated heterocycles. The summed E-state index contributed by atoms with van der Waals surface area (Å²) in [6.07, 6.45) is 6.00. The first-order chi connectivity index (χ1) is 10.4. The second-order valence-corrected chi connectivity index (χ2v) is 5.81. The van der Waals surface area contributed by atoms with Gasteiger partial charge in [0.1, 0.15) is 0 Å². The highest BCUT2D eigenvalue weighted by Gasteiger charge is 2.19. The van der Waals surface area contributed by atoms with E-state index in [1.165, 1.54) is 18.4 Å². The molecule has 2 heterocycles. The summed E-state index contributed by atoms with van der Waals surface area (Å²) in [5, 5.41) is 3.41. The van der Waals surface area contributed by atoms with Crippen LogP contribution in [0.1, 0.15) is 43.7 Å². The van der Waals surface area contributed by atoms with Gasteiger partial charge in [-0.15, -0.1) is 0 Å². The lowest BCUT2D eigenvalue weighted by Crippen LogP contribution is -2.18. The standard InChI is InChI=1S/C17H25NO3/c1-18-15(7-6-14-4-2-9-19-14)13-5-8-16-17(12-13)21-11-3-10-20-16/h5,8,12,14-15,18H,2-4,6-7,9-11H2,1H3. The minimum atomic E-state index is 0.339. The highest BCUT2D eigenvalue weighted by Crippen LogP contribution is 2.33. The normalized spacial score (nSPS) is 22.8. The molecule has 1 aromatic rings. The van der Waals surface area contributed by atoms with E-state index in [1.807, 2.05) is 13.1 Å². The fourth-order valence-corrected chi connectivity index (χ4v) is 3.10. The molecule has 1 N–H and O–H groups in total. The summed E-state index contributed by atoms with van der Waals surface area (Å²) in [6.45, 7) is 2.40. The van der Waals surface area contributed by atoms with Crippen LogP contribution in [0.3, 0.4) is 0 Å². The molecule has 2 atom stereocenters. The molecule has 4 nitrogen and oxygen atoms in total. The fraction of sp³-hybridized carbons (Fsp3) is 0.647. The number of nitrogens with one attached hydrogen (secondary N) is 1. The first kappa shape index (κ1) is 14.7. The van der Waals surface area contributed by atoms with Crippen LogP contribution in [0, 0.1) is 0 Å². The molecule has 0 radical (unpaired) electrons. The predicted molar refractivity (Wildman–Crippen MR) is 82.1 cm³/mol. The Morgan fingerprint density at radius 1 is 1.14 bits per heavy atom. The van der Waals surface area contributed by atoms with Crippen molar-refractivity contribution in [2.24, 2.45) is 0 Å². The van der Waals surface area contributed by atoms with Crippen LogP contribution < -0.4 is 14.8 Å². The molecule has 2 aliphatic heterocycles. The molecule has 0 bridgehead atoms. The van der Waals surface area contributed by atoms with Gasteiger partial charge in [0.05, 0.1) is 19.3 Å². The van der Waals surface area contributed by atoms with Crippen molar-refractivity contribution < 1.29 is 14.2 Å². The Morgan fingerprint density at radius 3 is 2.76 bits per heavy atom. The Bertz CT molecular complexity index is 457. The third-order valence-electron chi connectivity index (χ3n) is 4.32. The van der Waals surface area contributed by atoms with E-state index >= 15 is 0 Å². The zero-order valence-electron chi connectivity index (χ0n) is 12.8. The lowest BCUT2D eigenvalue weighted by atomic mass is 9.99. The van der Waals surface area contributed by atoms with Crippen molar-refractivity contribution >= 4 is 0 Å². The van der Waals surface area contributed by atoms with Gasteiger partial charge in [-0.25, -0.2) is 0 Å². The minimum Gasteiger partial charge on any atom is -0.490 e. The van der Waals surface area contributed by atoms with Crippen molar-refractivity contribution in [3.63, 3.8) is 0 Å².